The van der Waals surface area contributed by atoms with Crippen molar-refractivity contribution in [1.29, 1.82) is 0 Å². The molecule has 0 unspecified atom stereocenters. The highest BCUT2D eigenvalue weighted by Gasteiger charge is 2.02. The van der Waals surface area contributed by atoms with Crippen LogP contribution in [0.1, 0.15) is 6.92 Å². The molecule has 0 aliphatic carbocycles. The maximum Gasteiger partial charge on any atom is 0.161 e. The first kappa shape index (κ1) is 13.5. The van der Waals surface area contributed by atoms with Crippen LogP contribution < -0.4 is 9.47 Å². The van der Waals surface area contributed by atoms with Gasteiger partial charge in [0.1, 0.15) is 0 Å². The van der Waals surface area contributed by atoms with Gasteiger partial charge in [0.15, 0.2) is 11.5 Å². The molecule has 0 atom stereocenters. The molecule has 1 rings (SSSR count). The normalized spacial score (nSPS) is 10.1. The zero-order valence-electron chi connectivity index (χ0n) is 9.45. The van der Waals surface area contributed by atoms with Crippen LogP contribution >= 0.6 is 23.4 Å². The van der Waals surface area contributed by atoms with Gasteiger partial charge >= 0.3 is 0 Å². The van der Waals surface area contributed by atoms with Crippen LogP contribution in [-0.4, -0.2) is 30.6 Å². The standard InChI is InChI=1S/C12H17ClO2S/c1-2-14-11-5-3-4-6-12(11)15-8-10-16-9-7-13/h3-6H,2,7-10H2,1H3. The Kier molecular flexibility index (Phi) is 7.26. The van der Waals surface area contributed by atoms with Gasteiger partial charge in [-0.1, -0.05) is 12.1 Å². The monoisotopic (exact) mass is 260 g/mol. The Morgan fingerprint density at radius 1 is 1.12 bits per heavy atom. The van der Waals surface area contributed by atoms with E-state index in [0.717, 1.165) is 23.0 Å². The van der Waals surface area contributed by atoms with E-state index in [1.165, 1.54) is 0 Å². The number of thioether (sulfide) groups is 1. The Bertz CT molecular complexity index is 294. The molecule has 4 heteroatoms. The Balaban J connectivity index is 2.34. The molecule has 0 saturated heterocycles. The minimum absolute atomic E-state index is 0.654. The maximum absolute atomic E-state index is 5.65. The molecule has 0 fully saturated rings. The number of alkyl halides is 1. The Labute approximate surface area is 106 Å². The lowest BCUT2D eigenvalue weighted by Gasteiger charge is -2.11. The number of ether oxygens (including phenoxy) is 2. The Hall–Kier alpha value is -0.540. The molecule has 0 heterocycles. The van der Waals surface area contributed by atoms with Crippen molar-refractivity contribution in [2.24, 2.45) is 0 Å². The summed E-state index contributed by atoms with van der Waals surface area (Å²) in [6.07, 6.45) is 0. The van der Waals surface area contributed by atoms with E-state index >= 15 is 0 Å². The first-order chi connectivity index (χ1) is 7.88. The summed E-state index contributed by atoms with van der Waals surface area (Å²) in [5, 5.41) is 0. The van der Waals surface area contributed by atoms with Gasteiger partial charge in [0, 0.05) is 17.4 Å². The van der Waals surface area contributed by atoms with Crippen LogP contribution in [0.2, 0.25) is 0 Å². The average Bonchev–Trinajstić information content (AvgIpc) is 2.31. The van der Waals surface area contributed by atoms with Gasteiger partial charge in [-0.15, -0.1) is 11.6 Å². The molecular weight excluding hydrogens is 244 g/mol. The fourth-order valence-corrected chi connectivity index (χ4v) is 2.05. The second-order valence-corrected chi connectivity index (χ2v) is 4.63. The number of hydrogen-bond acceptors (Lipinski definition) is 3. The number of para-hydroxylation sites is 2. The number of benzene rings is 1. The molecular formula is C12H17ClO2S. The van der Waals surface area contributed by atoms with Gasteiger partial charge in [0.2, 0.25) is 0 Å². The average molecular weight is 261 g/mol. The molecule has 90 valence electrons. The minimum atomic E-state index is 0.654. The topological polar surface area (TPSA) is 18.5 Å². The lowest BCUT2D eigenvalue weighted by molar-refractivity contribution is 0.289. The largest absolute Gasteiger partial charge is 0.490 e. The number of hydrogen-bond donors (Lipinski definition) is 0. The highest BCUT2D eigenvalue weighted by atomic mass is 35.5. The highest BCUT2D eigenvalue weighted by Crippen LogP contribution is 2.26. The Morgan fingerprint density at radius 2 is 1.81 bits per heavy atom. The zero-order chi connectivity index (χ0) is 11.6. The summed E-state index contributed by atoms with van der Waals surface area (Å²) in [5.74, 6) is 4.24. The van der Waals surface area contributed by atoms with Crippen LogP contribution in [0.25, 0.3) is 0 Å². The highest BCUT2D eigenvalue weighted by molar-refractivity contribution is 7.99. The lowest BCUT2D eigenvalue weighted by Crippen LogP contribution is -2.03. The van der Waals surface area contributed by atoms with Crippen molar-refractivity contribution in [1.82, 2.24) is 0 Å². The van der Waals surface area contributed by atoms with Crippen LogP contribution in [0.4, 0.5) is 0 Å². The summed E-state index contributed by atoms with van der Waals surface area (Å²) in [7, 11) is 0. The lowest BCUT2D eigenvalue weighted by atomic mass is 10.3. The second-order valence-electron chi connectivity index (χ2n) is 3.03. The van der Waals surface area contributed by atoms with Gasteiger partial charge in [-0.25, -0.2) is 0 Å². The summed E-state index contributed by atoms with van der Waals surface area (Å²) in [5.41, 5.74) is 0. The molecule has 0 aliphatic rings. The van der Waals surface area contributed by atoms with E-state index in [1.807, 2.05) is 31.2 Å². The predicted octanol–water partition coefficient (Wildman–Crippen LogP) is 3.44. The van der Waals surface area contributed by atoms with Crippen molar-refractivity contribution in [3.63, 3.8) is 0 Å². The van der Waals surface area contributed by atoms with Crippen molar-refractivity contribution in [3.05, 3.63) is 24.3 Å². The smallest absolute Gasteiger partial charge is 0.161 e. The molecule has 0 bridgehead atoms. The molecule has 0 aliphatic heterocycles. The maximum atomic E-state index is 5.65. The van der Waals surface area contributed by atoms with Crippen LogP contribution in [0.5, 0.6) is 11.5 Å². The first-order valence-corrected chi connectivity index (χ1v) is 7.05. The predicted molar refractivity (Wildman–Crippen MR) is 71.2 cm³/mol. The van der Waals surface area contributed by atoms with Crippen molar-refractivity contribution < 1.29 is 9.47 Å². The molecule has 0 amide bonds. The van der Waals surface area contributed by atoms with E-state index in [1.54, 1.807) is 11.8 Å². The van der Waals surface area contributed by atoms with E-state index < -0.39 is 0 Å². The summed E-state index contributed by atoms with van der Waals surface area (Å²) < 4.78 is 11.1. The Morgan fingerprint density at radius 3 is 2.44 bits per heavy atom. The molecule has 0 spiro atoms. The fraction of sp³-hybridized carbons (Fsp3) is 0.500. The van der Waals surface area contributed by atoms with Gasteiger partial charge in [-0.3, -0.25) is 0 Å². The van der Waals surface area contributed by atoms with E-state index in [9.17, 15) is 0 Å². The molecule has 1 aromatic carbocycles. The van der Waals surface area contributed by atoms with Gasteiger partial charge in [-0.2, -0.15) is 11.8 Å². The van der Waals surface area contributed by atoms with Crippen LogP contribution in [0.3, 0.4) is 0 Å². The summed E-state index contributed by atoms with van der Waals surface area (Å²) in [4.78, 5) is 0. The van der Waals surface area contributed by atoms with Gasteiger partial charge in [0.05, 0.1) is 13.2 Å². The zero-order valence-corrected chi connectivity index (χ0v) is 11.0. The molecule has 2 nitrogen and oxygen atoms in total. The van der Waals surface area contributed by atoms with Crippen molar-refractivity contribution >= 4 is 23.4 Å². The van der Waals surface area contributed by atoms with Crippen LogP contribution in [-0.2, 0) is 0 Å². The second kappa shape index (κ2) is 8.59. The quantitative estimate of drug-likeness (QED) is 0.527. The third kappa shape index (κ3) is 4.99. The van der Waals surface area contributed by atoms with E-state index in [2.05, 4.69) is 0 Å². The molecule has 0 aromatic heterocycles. The van der Waals surface area contributed by atoms with Crippen molar-refractivity contribution in [2.45, 2.75) is 6.92 Å². The van der Waals surface area contributed by atoms with E-state index in [4.69, 9.17) is 21.1 Å². The summed E-state index contributed by atoms with van der Waals surface area (Å²) in [6.45, 7) is 3.31. The fourth-order valence-electron chi connectivity index (χ4n) is 1.21. The third-order valence-corrected chi connectivity index (χ3v) is 3.22. The van der Waals surface area contributed by atoms with Gasteiger partial charge in [0.25, 0.3) is 0 Å². The number of halogens is 1. The van der Waals surface area contributed by atoms with E-state index in [-0.39, 0.29) is 0 Å². The number of rotatable bonds is 8. The third-order valence-electron chi connectivity index (χ3n) is 1.86. The van der Waals surface area contributed by atoms with Gasteiger partial charge in [-0.05, 0) is 19.1 Å². The van der Waals surface area contributed by atoms with Crippen LogP contribution in [0.15, 0.2) is 24.3 Å². The van der Waals surface area contributed by atoms with Crippen LogP contribution in [0, 0.1) is 0 Å². The van der Waals surface area contributed by atoms with Gasteiger partial charge < -0.3 is 9.47 Å². The van der Waals surface area contributed by atoms with Crippen molar-refractivity contribution in [2.75, 3.05) is 30.6 Å². The molecule has 0 N–H and O–H groups in total. The first-order valence-electron chi connectivity index (χ1n) is 5.36. The molecule has 0 radical (unpaired) electrons. The van der Waals surface area contributed by atoms with Crippen molar-refractivity contribution in [3.8, 4) is 11.5 Å². The molecule has 0 saturated carbocycles. The molecule has 1 aromatic rings. The SMILES string of the molecule is CCOc1ccccc1OCCSCCCl. The summed E-state index contributed by atoms with van der Waals surface area (Å²) in [6, 6.07) is 7.74. The minimum Gasteiger partial charge on any atom is -0.490 e. The molecule has 16 heavy (non-hydrogen) atoms. The van der Waals surface area contributed by atoms with E-state index in [0.29, 0.717) is 19.1 Å². The summed E-state index contributed by atoms with van der Waals surface area (Å²) >= 11 is 7.38.